The van der Waals surface area contributed by atoms with Crippen molar-refractivity contribution in [3.63, 3.8) is 0 Å². The van der Waals surface area contributed by atoms with Crippen molar-refractivity contribution in [3.05, 3.63) is 65.3 Å². The van der Waals surface area contributed by atoms with Crippen LogP contribution >= 0.6 is 11.6 Å². The van der Waals surface area contributed by atoms with E-state index >= 15 is 0 Å². The van der Waals surface area contributed by atoms with Gasteiger partial charge >= 0.3 is 0 Å². The second kappa shape index (κ2) is 12.4. The lowest BCUT2D eigenvalue weighted by atomic mass is 10.1. The van der Waals surface area contributed by atoms with Crippen LogP contribution in [0.5, 0.6) is 0 Å². The van der Waals surface area contributed by atoms with Gasteiger partial charge in [0.15, 0.2) is 0 Å². The van der Waals surface area contributed by atoms with Crippen molar-refractivity contribution in [1.82, 2.24) is 14.8 Å². The third-order valence-electron chi connectivity index (χ3n) is 6.83. The van der Waals surface area contributed by atoms with E-state index < -0.39 is 0 Å². The number of aromatic amines is 1. The molecule has 1 aliphatic heterocycles. The number of amides is 1. The number of para-hydroxylation sites is 1. The van der Waals surface area contributed by atoms with Crippen LogP contribution in [-0.2, 0) is 11.2 Å². The fourth-order valence-electron chi connectivity index (χ4n) is 4.82. The molecule has 1 amide bonds. The smallest absolute Gasteiger partial charge is 0.241 e. The molecule has 34 heavy (non-hydrogen) atoms. The number of halogens is 1. The lowest BCUT2D eigenvalue weighted by Crippen LogP contribution is -2.50. The second-order valence-corrected chi connectivity index (χ2v) is 9.75. The quantitative estimate of drug-likeness (QED) is 0.363. The predicted molar refractivity (Wildman–Crippen MR) is 143 cm³/mol. The number of carbonyl (C=O) groups is 1. The number of nitrogens with zero attached hydrogens (tertiary/aromatic N) is 3. The Morgan fingerprint density at radius 3 is 2.53 bits per heavy atom. The van der Waals surface area contributed by atoms with Crippen molar-refractivity contribution < 1.29 is 4.79 Å². The lowest BCUT2D eigenvalue weighted by Gasteiger charge is -2.35. The second-order valence-electron chi connectivity index (χ2n) is 9.31. The maximum Gasteiger partial charge on any atom is 0.241 e. The minimum Gasteiger partial charge on any atom is -0.361 e. The van der Waals surface area contributed by atoms with Gasteiger partial charge in [-0.2, -0.15) is 0 Å². The molecule has 2 aromatic carbocycles. The summed E-state index contributed by atoms with van der Waals surface area (Å²) in [4.78, 5) is 23.4. The Morgan fingerprint density at radius 1 is 1.00 bits per heavy atom. The van der Waals surface area contributed by atoms with Gasteiger partial charge in [-0.05, 0) is 61.7 Å². The zero-order valence-corrected chi connectivity index (χ0v) is 21.1. The number of hydrogen-bond acceptors (Lipinski definition) is 3. The topological polar surface area (TPSA) is 42.6 Å². The SMILES string of the molecule is CCCCCN(C(=O)CN1CCN(CCCc2c[nH]c3ccc(Cl)cc23)CC1)c1ccccc1. The van der Waals surface area contributed by atoms with Crippen LogP contribution in [0, 0.1) is 0 Å². The lowest BCUT2D eigenvalue weighted by molar-refractivity contribution is -0.120. The summed E-state index contributed by atoms with van der Waals surface area (Å²) < 4.78 is 0. The standard InChI is InChI=1S/C28H37ClN4O/c1-2-3-7-15-33(25-10-5-4-6-11-25)28(34)22-32-18-16-31(17-19-32)14-8-9-23-21-30-27-13-12-24(29)20-26(23)27/h4-6,10-13,20-21,30H,2-3,7-9,14-19,22H2,1H3. The molecule has 0 unspecified atom stereocenters. The monoisotopic (exact) mass is 480 g/mol. The molecule has 1 aromatic heterocycles. The van der Waals surface area contributed by atoms with E-state index in [2.05, 4.69) is 34.0 Å². The van der Waals surface area contributed by atoms with Gasteiger partial charge < -0.3 is 14.8 Å². The number of H-pyrrole nitrogens is 1. The van der Waals surface area contributed by atoms with E-state index in [9.17, 15) is 4.79 Å². The number of piperazine rings is 1. The first-order valence-electron chi connectivity index (χ1n) is 12.7. The highest BCUT2D eigenvalue weighted by Crippen LogP contribution is 2.23. The normalized spacial score (nSPS) is 15.1. The van der Waals surface area contributed by atoms with Crippen LogP contribution < -0.4 is 4.90 Å². The molecule has 2 heterocycles. The molecular weight excluding hydrogens is 444 g/mol. The van der Waals surface area contributed by atoms with Crippen LogP contribution in [0.2, 0.25) is 5.02 Å². The Kier molecular flexibility index (Phi) is 9.03. The number of rotatable bonds is 11. The summed E-state index contributed by atoms with van der Waals surface area (Å²) >= 11 is 6.19. The number of anilines is 1. The summed E-state index contributed by atoms with van der Waals surface area (Å²) in [5.74, 6) is 0.216. The molecule has 182 valence electrons. The Morgan fingerprint density at radius 2 is 1.76 bits per heavy atom. The van der Waals surface area contributed by atoms with Crippen molar-refractivity contribution in [2.45, 2.75) is 39.0 Å². The highest BCUT2D eigenvalue weighted by molar-refractivity contribution is 6.31. The van der Waals surface area contributed by atoms with Crippen LogP contribution in [0.1, 0.15) is 38.2 Å². The maximum atomic E-state index is 13.2. The number of unbranched alkanes of at least 4 members (excludes halogenated alkanes) is 2. The third kappa shape index (κ3) is 6.62. The Balaban J connectivity index is 1.22. The number of aromatic nitrogens is 1. The summed E-state index contributed by atoms with van der Waals surface area (Å²) in [6, 6.07) is 16.2. The molecule has 1 N–H and O–H groups in total. The van der Waals surface area contributed by atoms with Crippen LogP contribution in [0.3, 0.4) is 0 Å². The van der Waals surface area contributed by atoms with E-state index in [-0.39, 0.29) is 5.91 Å². The number of hydrogen-bond donors (Lipinski definition) is 1. The van der Waals surface area contributed by atoms with Crippen LogP contribution in [0.25, 0.3) is 10.9 Å². The van der Waals surface area contributed by atoms with E-state index in [1.54, 1.807) is 0 Å². The molecule has 0 aliphatic carbocycles. The zero-order chi connectivity index (χ0) is 23.8. The molecule has 0 atom stereocenters. The molecule has 5 nitrogen and oxygen atoms in total. The van der Waals surface area contributed by atoms with Crippen LogP contribution in [-0.4, -0.2) is 66.5 Å². The van der Waals surface area contributed by atoms with E-state index in [1.165, 1.54) is 10.9 Å². The largest absolute Gasteiger partial charge is 0.361 e. The maximum absolute atomic E-state index is 13.2. The first kappa shape index (κ1) is 24.8. The summed E-state index contributed by atoms with van der Waals surface area (Å²) in [6.45, 7) is 8.54. The van der Waals surface area contributed by atoms with Gasteiger partial charge in [-0.3, -0.25) is 9.69 Å². The molecule has 1 fully saturated rings. The summed E-state index contributed by atoms with van der Waals surface area (Å²) in [5, 5.41) is 2.02. The van der Waals surface area contributed by atoms with E-state index in [4.69, 9.17) is 11.6 Å². The third-order valence-corrected chi connectivity index (χ3v) is 7.06. The highest BCUT2D eigenvalue weighted by atomic mass is 35.5. The minimum atomic E-state index is 0.216. The van der Waals surface area contributed by atoms with Gasteiger partial charge in [0.1, 0.15) is 0 Å². The fraction of sp³-hybridized carbons (Fsp3) is 0.464. The van der Waals surface area contributed by atoms with E-state index in [0.29, 0.717) is 6.54 Å². The molecule has 0 radical (unpaired) electrons. The fourth-order valence-corrected chi connectivity index (χ4v) is 5.00. The summed E-state index contributed by atoms with van der Waals surface area (Å²) in [6.07, 6.45) is 7.64. The average Bonchev–Trinajstić information content (AvgIpc) is 3.25. The summed E-state index contributed by atoms with van der Waals surface area (Å²) in [5.41, 5.74) is 3.50. The van der Waals surface area contributed by atoms with Crippen molar-refractivity contribution in [1.29, 1.82) is 0 Å². The molecule has 4 rings (SSSR count). The molecule has 1 aliphatic rings. The zero-order valence-electron chi connectivity index (χ0n) is 20.3. The van der Waals surface area contributed by atoms with Crippen LogP contribution in [0.15, 0.2) is 54.7 Å². The molecule has 3 aromatic rings. The van der Waals surface area contributed by atoms with E-state index in [0.717, 1.165) is 87.6 Å². The molecule has 6 heteroatoms. The molecular formula is C28H37ClN4O. The van der Waals surface area contributed by atoms with Crippen LogP contribution in [0.4, 0.5) is 5.69 Å². The first-order chi connectivity index (χ1) is 16.6. The molecule has 0 saturated carbocycles. The number of carbonyl (C=O) groups excluding carboxylic acids is 1. The van der Waals surface area contributed by atoms with Crippen molar-refractivity contribution >= 4 is 34.1 Å². The van der Waals surface area contributed by atoms with Crippen molar-refractivity contribution in [3.8, 4) is 0 Å². The number of nitrogens with one attached hydrogen (secondary N) is 1. The van der Waals surface area contributed by atoms with Crippen molar-refractivity contribution in [2.24, 2.45) is 0 Å². The predicted octanol–water partition coefficient (Wildman–Crippen LogP) is 5.59. The Labute approximate surface area is 208 Å². The summed E-state index contributed by atoms with van der Waals surface area (Å²) in [7, 11) is 0. The number of benzene rings is 2. The van der Waals surface area contributed by atoms with Crippen molar-refractivity contribution in [2.75, 3.05) is 50.7 Å². The van der Waals surface area contributed by atoms with Gasteiger partial charge in [0, 0.05) is 60.5 Å². The van der Waals surface area contributed by atoms with Gasteiger partial charge in [-0.25, -0.2) is 0 Å². The Bertz CT molecular complexity index is 1040. The van der Waals surface area contributed by atoms with E-state index in [1.807, 2.05) is 47.4 Å². The van der Waals surface area contributed by atoms with Gasteiger partial charge in [0.2, 0.25) is 5.91 Å². The average molecular weight is 481 g/mol. The first-order valence-corrected chi connectivity index (χ1v) is 13.1. The number of fused-ring (bicyclic) bond motifs is 1. The molecule has 0 spiro atoms. The van der Waals surface area contributed by atoms with Gasteiger partial charge in [0.05, 0.1) is 6.54 Å². The van der Waals surface area contributed by atoms with Gasteiger partial charge in [-0.1, -0.05) is 49.6 Å². The molecule has 0 bridgehead atoms. The molecule has 1 saturated heterocycles. The van der Waals surface area contributed by atoms with Gasteiger partial charge in [0.25, 0.3) is 0 Å². The minimum absolute atomic E-state index is 0.216. The highest BCUT2D eigenvalue weighted by Gasteiger charge is 2.22. The van der Waals surface area contributed by atoms with Gasteiger partial charge in [-0.15, -0.1) is 0 Å². The number of aryl methyl sites for hydroxylation is 1. The Hall–Kier alpha value is -2.34.